The van der Waals surface area contributed by atoms with Crippen molar-refractivity contribution in [1.82, 2.24) is 0 Å². The van der Waals surface area contributed by atoms with Gasteiger partial charge in [0.25, 0.3) is 0 Å². The van der Waals surface area contributed by atoms with E-state index in [1.807, 2.05) is 24.3 Å². The van der Waals surface area contributed by atoms with Gasteiger partial charge in [-0.3, -0.25) is 0 Å². The lowest BCUT2D eigenvalue weighted by Gasteiger charge is -2.26. The molecule has 0 spiro atoms. The lowest BCUT2D eigenvalue weighted by Crippen LogP contribution is -2.27. The van der Waals surface area contributed by atoms with Crippen molar-refractivity contribution in [3.8, 4) is 5.75 Å². The standard InChI is InChI=1S/C12H17BrO/c1-4-9-12(2,3)14-11-7-5-10(13)6-8-11/h5-8H,4,9H2,1-3H3. The quantitative estimate of drug-likeness (QED) is 0.776. The fourth-order valence-corrected chi connectivity index (χ4v) is 1.74. The molecule has 0 bridgehead atoms. The summed E-state index contributed by atoms with van der Waals surface area (Å²) in [7, 11) is 0. The molecule has 0 saturated carbocycles. The molecule has 0 aliphatic carbocycles. The van der Waals surface area contributed by atoms with Crippen molar-refractivity contribution in [2.24, 2.45) is 0 Å². The molecule has 0 N–H and O–H groups in total. The zero-order valence-corrected chi connectivity index (χ0v) is 10.6. The first-order valence-corrected chi connectivity index (χ1v) is 5.77. The van der Waals surface area contributed by atoms with E-state index in [-0.39, 0.29) is 5.60 Å². The molecule has 0 amide bonds. The second-order valence-electron chi connectivity index (χ2n) is 4.07. The normalized spacial score (nSPS) is 11.4. The summed E-state index contributed by atoms with van der Waals surface area (Å²) in [6.45, 7) is 6.42. The van der Waals surface area contributed by atoms with Crippen LogP contribution in [-0.4, -0.2) is 5.60 Å². The minimum atomic E-state index is -0.0669. The number of halogens is 1. The van der Waals surface area contributed by atoms with Crippen LogP contribution in [0.25, 0.3) is 0 Å². The fraction of sp³-hybridized carbons (Fsp3) is 0.500. The summed E-state index contributed by atoms with van der Waals surface area (Å²) < 4.78 is 6.96. The average molecular weight is 257 g/mol. The van der Waals surface area contributed by atoms with E-state index in [1.165, 1.54) is 0 Å². The number of hydrogen-bond donors (Lipinski definition) is 0. The molecular formula is C12H17BrO. The van der Waals surface area contributed by atoms with Gasteiger partial charge in [0.15, 0.2) is 0 Å². The molecule has 1 nitrogen and oxygen atoms in total. The Labute approximate surface area is 94.6 Å². The first-order valence-electron chi connectivity index (χ1n) is 4.98. The third kappa shape index (κ3) is 3.70. The van der Waals surface area contributed by atoms with Gasteiger partial charge in [0.2, 0.25) is 0 Å². The molecule has 0 aromatic heterocycles. The van der Waals surface area contributed by atoms with Crippen molar-refractivity contribution in [3.05, 3.63) is 28.7 Å². The molecule has 14 heavy (non-hydrogen) atoms. The maximum atomic E-state index is 5.88. The molecule has 0 atom stereocenters. The minimum Gasteiger partial charge on any atom is -0.488 e. The second-order valence-corrected chi connectivity index (χ2v) is 4.98. The van der Waals surface area contributed by atoms with E-state index in [1.54, 1.807) is 0 Å². The molecule has 78 valence electrons. The van der Waals surface area contributed by atoms with Gasteiger partial charge < -0.3 is 4.74 Å². The Kier molecular flexibility index (Phi) is 3.99. The molecule has 0 aliphatic heterocycles. The van der Waals surface area contributed by atoms with E-state index in [0.29, 0.717) is 0 Å². The molecule has 1 aromatic rings. The van der Waals surface area contributed by atoms with E-state index in [9.17, 15) is 0 Å². The van der Waals surface area contributed by atoms with E-state index in [2.05, 4.69) is 36.7 Å². The predicted octanol–water partition coefficient (Wildman–Crippen LogP) is 4.41. The van der Waals surface area contributed by atoms with Gasteiger partial charge in [-0.15, -0.1) is 0 Å². The highest BCUT2D eigenvalue weighted by Crippen LogP contribution is 2.23. The Hall–Kier alpha value is -0.500. The lowest BCUT2D eigenvalue weighted by molar-refractivity contribution is 0.0986. The highest BCUT2D eigenvalue weighted by atomic mass is 79.9. The average Bonchev–Trinajstić information content (AvgIpc) is 2.08. The van der Waals surface area contributed by atoms with Gasteiger partial charge in [0, 0.05) is 4.47 Å². The topological polar surface area (TPSA) is 9.23 Å². The third-order valence-corrected chi connectivity index (χ3v) is 2.59. The van der Waals surface area contributed by atoms with Crippen LogP contribution in [0.2, 0.25) is 0 Å². The number of rotatable bonds is 4. The van der Waals surface area contributed by atoms with Crippen LogP contribution in [-0.2, 0) is 0 Å². The van der Waals surface area contributed by atoms with Gasteiger partial charge >= 0.3 is 0 Å². The summed E-state index contributed by atoms with van der Waals surface area (Å²) in [5.41, 5.74) is -0.0669. The monoisotopic (exact) mass is 256 g/mol. The smallest absolute Gasteiger partial charge is 0.120 e. The van der Waals surface area contributed by atoms with Crippen molar-refractivity contribution >= 4 is 15.9 Å². The molecule has 2 heteroatoms. The SMILES string of the molecule is CCCC(C)(C)Oc1ccc(Br)cc1. The van der Waals surface area contributed by atoms with Crippen LogP contribution in [0.15, 0.2) is 28.7 Å². The van der Waals surface area contributed by atoms with Crippen molar-refractivity contribution in [3.63, 3.8) is 0 Å². The number of ether oxygens (including phenoxy) is 1. The van der Waals surface area contributed by atoms with Gasteiger partial charge in [-0.1, -0.05) is 29.3 Å². The van der Waals surface area contributed by atoms with Gasteiger partial charge in [0.1, 0.15) is 11.4 Å². The summed E-state index contributed by atoms with van der Waals surface area (Å²) in [6.07, 6.45) is 2.21. The summed E-state index contributed by atoms with van der Waals surface area (Å²) in [5, 5.41) is 0. The van der Waals surface area contributed by atoms with Crippen LogP contribution in [0, 0.1) is 0 Å². The van der Waals surface area contributed by atoms with Crippen molar-refractivity contribution < 1.29 is 4.74 Å². The molecule has 0 fully saturated rings. The maximum Gasteiger partial charge on any atom is 0.120 e. The van der Waals surface area contributed by atoms with Crippen LogP contribution >= 0.6 is 15.9 Å². The zero-order chi connectivity index (χ0) is 10.6. The largest absolute Gasteiger partial charge is 0.488 e. The summed E-state index contributed by atoms with van der Waals surface area (Å²) in [6, 6.07) is 7.97. The van der Waals surface area contributed by atoms with Crippen LogP contribution in [0.3, 0.4) is 0 Å². The molecule has 1 aromatic carbocycles. The van der Waals surface area contributed by atoms with Crippen molar-refractivity contribution in [2.45, 2.75) is 39.2 Å². The van der Waals surface area contributed by atoms with Gasteiger partial charge in [-0.2, -0.15) is 0 Å². The van der Waals surface area contributed by atoms with E-state index >= 15 is 0 Å². The van der Waals surface area contributed by atoms with Gasteiger partial charge in [-0.05, 0) is 44.5 Å². The molecule has 1 rings (SSSR count). The lowest BCUT2D eigenvalue weighted by atomic mass is 10.0. The number of hydrogen-bond acceptors (Lipinski definition) is 1. The van der Waals surface area contributed by atoms with Gasteiger partial charge in [0.05, 0.1) is 0 Å². The Morgan fingerprint density at radius 3 is 2.29 bits per heavy atom. The minimum absolute atomic E-state index is 0.0669. The van der Waals surface area contributed by atoms with E-state index in [4.69, 9.17) is 4.74 Å². The maximum absolute atomic E-state index is 5.88. The Balaban J connectivity index is 2.64. The summed E-state index contributed by atoms with van der Waals surface area (Å²) in [5.74, 6) is 0.937. The van der Waals surface area contributed by atoms with Crippen molar-refractivity contribution in [1.29, 1.82) is 0 Å². The molecule has 0 heterocycles. The van der Waals surface area contributed by atoms with Crippen LogP contribution < -0.4 is 4.74 Å². The van der Waals surface area contributed by atoms with Crippen LogP contribution in [0.1, 0.15) is 33.6 Å². The summed E-state index contributed by atoms with van der Waals surface area (Å²) in [4.78, 5) is 0. The third-order valence-electron chi connectivity index (χ3n) is 2.06. The Bertz CT molecular complexity index is 277. The van der Waals surface area contributed by atoms with E-state index in [0.717, 1.165) is 23.1 Å². The highest BCUT2D eigenvalue weighted by Gasteiger charge is 2.17. The Morgan fingerprint density at radius 2 is 1.79 bits per heavy atom. The molecule has 0 radical (unpaired) electrons. The van der Waals surface area contributed by atoms with Gasteiger partial charge in [-0.25, -0.2) is 0 Å². The first-order chi connectivity index (χ1) is 6.53. The fourth-order valence-electron chi connectivity index (χ4n) is 1.47. The molecule has 0 saturated heterocycles. The second kappa shape index (κ2) is 4.83. The first kappa shape index (κ1) is 11.6. The highest BCUT2D eigenvalue weighted by molar-refractivity contribution is 9.10. The zero-order valence-electron chi connectivity index (χ0n) is 9.01. The number of benzene rings is 1. The van der Waals surface area contributed by atoms with Crippen molar-refractivity contribution in [2.75, 3.05) is 0 Å². The predicted molar refractivity (Wildman–Crippen MR) is 63.8 cm³/mol. The molecular weight excluding hydrogens is 240 g/mol. The Morgan fingerprint density at radius 1 is 1.21 bits per heavy atom. The summed E-state index contributed by atoms with van der Waals surface area (Å²) >= 11 is 3.40. The molecule has 0 unspecified atom stereocenters. The van der Waals surface area contributed by atoms with Crippen LogP contribution in [0.5, 0.6) is 5.75 Å². The molecule has 0 aliphatic rings. The van der Waals surface area contributed by atoms with Crippen LogP contribution in [0.4, 0.5) is 0 Å². The van der Waals surface area contributed by atoms with E-state index < -0.39 is 0 Å².